The highest BCUT2D eigenvalue weighted by molar-refractivity contribution is 7.61. The van der Waals surface area contributed by atoms with Gasteiger partial charge in [-0.1, -0.05) is 36.4 Å². The minimum Gasteiger partial charge on any atom is -0.457 e. The van der Waals surface area contributed by atoms with Crippen molar-refractivity contribution < 1.29 is 9.30 Å². The Kier molecular flexibility index (Phi) is 4.27. The number of ether oxygens (including phenoxy) is 1. The van der Waals surface area contributed by atoms with Crippen molar-refractivity contribution in [2.45, 2.75) is 0 Å². The van der Waals surface area contributed by atoms with Crippen molar-refractivity contribution in [1.82, 2.24) is 0 Å². The molecule has 0 bridgehead atoms. The molecule has 0 saturated heterocycles. The molecule has 0 amide bonds. The fourth-order valence-corrected chi connectivity index (χ4v) is 3.44. The summed E-state index contributed by atoms with van der Waals surface area (Å²) >= 11 is 0. The van der Waals surface area contributed by atoms with Crippen LogP contribution in [-0.4, -0.2) is 0 Å². The SMILES string of the molecule is Nc1cccc(Oc2ccc([PH](=O)c3ccccc3)cc2)c1. The van der Waals surface area contributed by atoms with Crippen LogP contribution in [0.25, 0.3) is 0 Å². The van der Waals surface area contributed by atoms with Gasteiger partial charge in [-0.25, -0.2) is 0 Å². The quantitative estimate of drug-likeness (QED) is 0.592. The highest BCUT2D eigenvalue weighted by Crippen LogP contribution is 2.25. The number of anilines is 1. The average molecular weight is 309 g/mol. The molecule has 0 fully saturated rings. The Bertz CT molecular complexity index is 786. The molecule has 2 N–H and O–H groups in total. The monoisotopic (exact) mass is 309 g/mol. The Morgan fingerprint density at radius 1 is 0.727 bits per heavy atom. The van der Waals surface area contributed by atoms with Crippen LogP contribution in [0.4, 0.5) is 5.69 Å². The summed E-state index contributed by atoms with van der Waals surface area (Å²) in [4.78, 5) is 0. The van der Waals surface area contributed by atoms with Gasteiger partial charge in [-0.05, 0) is 36.4 Å². The van der Waals surface area contributed by atoms with Crippen LogP contribution in [0.1, 0.15) is 0 Å². The van der Waals surface area contributed by atoms with E-state index in [0.717, 1.165) is 10.6 Å². The van der Waals surface area contributed by atoms with Crippen molar-refractivity contribution in [1.29, 1.82) is 0 Å². The van der Waals surface area contributed by atoms with Crippen molar-refractivity contribution in [2.75, 3.05) is 5.73 Å². The molecular weight excluding hydrogens is 293 g/mol. The number of hydrogen-bond donors (Lipinski definition) is 1. The predicted octanol–water partition coefficient (Wildman–Crippen LogP) is 3.57. The molecule has 0 radical (unpaired) electrons. The van der Waals surface area contributed by atoms with Crippen LogP contribution >= 0.6 is 7.80 Å². The van der Waals surface area contributed by atoms with Gasteiger partial charge in [0.15, 0.2) is 0 Å². The molecule has 0 saturated carbocycles. The van der Waals surface area contributed by atoms with Gasteiger partial charge in [-0.15, -0.1) is 0 Å². The Hall–Kier alpha value is -2.51. The minimum absolute atomic E-state index is 0.656. The van der Waals surface area contributed by atoms with E-state index in [9.17, 15) is 4.57 Å². The van der Waals surface area contributed by atoms with Crippen LogP contribution in [-0.2, 0) is 4.57 Å². The number of nitrogens with two attached hydrogens (primary N) is 1. The smallest absolute Gasteiger partial charge is 0.131 e. The van der Waals surface area contributed by atoms with Gasteiger partial charge in [0.05, 0.1) is 0 Å². The number of rotatable bonds is 4. The van der Waals surface area contributed by atoms with E-state index >= 15 is 0 Å². The van der Waals surface area contributed by atoms with E-state index in [1.165, 1.54) is 0 Å². The maximum Gasteiger partial charge on any atom is 0.131 e. The van der Waals surface area contributed by atoms with E-state index in [1.54, 1.807) is 6.07 Å². The minimum atomic E-state index is -1.97. The van der Waals surface area contributed by atoms with Gasteiger partial charge in [-0.2, -0.15) is 0 Å². The molecule has 3 aromatic rings. The van der Waals surface area contributed by atoms with Crippen LogP contribution in [0, 0.1) is 0 Å². The molecule has 1 atom stereocenters. The second kappa shape index (κ2) is 6.50. The van der Waals surface area contributed by atoms with Crippen LogP contribution in [0.5, 0.6) is 11.5 Å². The standard InChI is InChI=1S/C18H16NO2P/c19-14-5-4-6-16(13-14)21-15-9-11-18(12-10-15)22(20)17-7-2-1-3-8-17/h1-13,22H,19H2. The van der Waals surface area contributed by atoms with Gasteiger partial charge in [0.25, 0.3) is 0 Å². The van der Waals surface area contributed by atoms with E-state index in [0.29, 0.717) is 17.2 Å². The molecule has 0 heterocycles. The molecule has 1 unspecified atom stereocenters. The Morgan fingerprint density at radius 2 is 1.41 bits per heavy atom. The zero-order valence-electron chi connectivity index (χ0n) is 11.9. The van der Waals surface area contributed by atoms with Crippen molar-refractivity contribution in [2.24, 2.45) is 0 Å². The average Bonchev–Trinajstić information content (AvgIpc) is 2.56. The maximum atomic E-state index is 12.5. The second-order valence-corrected chi connectivity index (χ2v) is 6.71. The lowest BCUT2D eigenvalue weighted by molar-refractivity contribution is 0.483. The maximum absolute atomic E-state index is 12.5. The van der Waals surface area contributed by atoms with Crippen LogP contribution < -0.4 is 21.1 Å². The third-order valence-corrected chi connectivity index (χ3v) is 4.96. The summed E-state index contributed by atoms with van der Waals surface area (Å²) in [5.41, 5.74) is 6.38. The highest BCUT2D eigenvalue weighted by atomic mass is 31.1. The number of nitrogen functional groups attached to an aromatic ring is 1. The third kappa shape index (κ3) is 3.38. The molecule has 22 heavy (non-hydrogen) atoms. The second-order valence-electron chi connectivity index (χ2n) is 4.89. The summed E-state index contributed by atoms with van der Waals surface area (Å²) in [7, 11) is -1.97. The van der Waals surface area contributed by atoms with E-state index in [4.69, 9.17) is 10.5 Å². The number of hydrogen-bond acceptors (Lipinski definition) is 3. The summed E-state index contributed by atoms with van der Waals surface area (Å²) in [6.45, 7) is 0. The van der Waals surface area contributed by atoms with Gasteiger partial charge in [-0.3, -0.25) is 0 Å². The Morgan fingerprint density at radius 3 is 2.09 bits per heavy atom. The zero-order chi connectivity index (χ0) is 15.4. The molecule has 3 rings (SSSR count). The third-order valence-electron chi connectivity index (χ3n) is 3.25. The first-order chi connectivity index (χ1) is 10.7. The highest BCUT2D eigenvalue weighted by Gasteiger charge is 2.06. The van der Waals surface area contributed by atoms with E-state index in [1.807, 2.05) is 72.8 Å². The van der Waals surface area contributed by atoms with Gasteiger partial charge >= 0.3 is 0 Å². The van der Waals surface area contributed by atoms with Gasteiger partial charge < -0.3 is 15.0 Å². The zero-order valence-corrected chi connectivity index (χ0v) is 12.9. The molecule has 0 aliphatic rings. The molecule has 0 aliphatic carbocycles. The predicted molar refractivity (Wildman–Crippen MR) is 92.1 cm³/mol. The largest absolute Gasteiger partial charge is 0.457 e. The lowest BCUT2D eigenvalue weighted by Gasteiger charge is -2.07. The molecule has 3 aromatic carbocycles. The Balaban J connectivity index is 1.77. The fraction of sp³-hybridized carbons (Fsp3) is 0. The Labute approximate surface area is 130 Å². The lowest BCUT2D eigenvalue weighted by Crippen LogP contribution is -2.05. The van der Waals surface area contributed by atoms with Crippen molar-refractivity contribution >= 4 is 24.1 Å². The molecule has 0 aromatic heterocycles. The van der Waals surface area contributed by atoms with E-state index in [-0.39, 0.29) is 0 Å². The summed E-state index contributed by atoms with van der Waals surface area (Å²) in [6, 6.07) is 24.1. The van der Waals surface area contributed by atoms with Gasteiger partial charge in [0.1, 0.15) is 19.3 Å². The summed E-state index contributed by atoms with van der Waals surface area (Å²) in [6.07, 6.45) is 0. The fourth-order valence-electron chi connectivity index (χ4n) is 2.14. The van der Waals surface area contributed by atoms with Crippen molar-refractivity contribution in [3.63, 3.8) is 0 Å². The summed E-state index contributed by atoms with van der Waals surface area (Å²) in [5.74, 6) is 1.38. The summed E-state index contributed by atoms with van der Waals surface area (Å²) < 4.78 is 18.2. The van der Waals surface area contributed by atoms with E-state index in [2.05, 4.69) is 0 Å². The van der Waals surface area contributed by atoms with Crippen LogP contribution in [0.2, 0.25) is 0 Å². The topological polar surface area (TPSA) is 52.3 Å². The van der Waals surface area contributed by atoms with Gasteiger partial charge in [0.2, 0.25) is 0 Å². The molecule has 0 aliphatic heterocycles. The molecule has 0 spiro atoms. The molecular formula is C18H16NO2P. The normalized spacial score (nSPS) is 11.8. The summed E-state index contributed by atoms with van der Waals surface area (Å²) in [5, 5.41) is 1.67. The first kappa shape index (κ1) is 14.4. The van der Waals surface area contributed by atoms with E-state index < -0.39 is 7.80 Å². The number of benzene rings is 3. The van der Waals surface area contributed by atoms with Crippen LogP contribution in [0.3, 0.4) is 0 Å². The molecule has 4 heteroatoms. The first-order valence-corrected chi connectivity index (χ1v) is 8.36. The molecule has 3 nitrogen and oxygen atoms in total. The first-order valence-electron chi connectivity index (χ1n) is 6.95. The van der Waals surface area contributed by atoms with Crippen molar-refractivity contribution in [3.8, 4) is 11.5 Å². The van der Waals surface area contributed by atoms with Crippen molar-refractivity contribution in [3.05, 3.63) is 78.9 Å². The molecule has 110 valence electrons. The lowest BCUT2D eigenvalue weighted by atomic mass is 10.3. The van der Waals surface area contributed by atoms with Crippen LogP contribution in [0.15, 0.2) is 78.9 Å². The van der Waals surface area contributed by atoms with Gasteiger partial charge in [0, 0.05) is 22.4 Å².